The molecule has 1 aromatic heterocycles. The number of nitrogens with one attached hydrogen (secondary N) is 1. The summed E-state index contributed by atoms with van der Waals surface area (Å²) in [6.07, 6.45) is 4.41. The zero-order valence-corrected chi connectivity index (χ0v) is 13.8. The van der Waals surface area contributed by atoms with E-state index in [-0.39, 0.29) is 0 Å². The van der Waals surface area contributed by atoms with Gasteiger partial charge in [0, 0.05) is 29.3 Å². The van der Waals surface area contributed by atoms with E-state index in [9.17, 15) is 0 Å². The van der Waals surface area contributed by atoms with E-state index in [1.165, 1.54) is 5.56 Å². The van der Waals surface area contributed by atoms with E-state index in [4.69, 9.17) is 11.6 Å². The van der Waals surface area contributed by atoms with Crippen molar-refractivity contribution in [1.29, 1.82) is 0 Å². The van der Waals surface area contributed by atoms with Crippen molar-refractivity contribution < 1.29 is 0 Å². The Hall–Kier alpha value is -0.900. The fourth-order valence-electron chi connectivity index (χ4n) is 2.25. The molecule has 1 heterocycles. The van der Waals surface area contributed by atoms with Crippen LogP contribution in [-0.2, 0) is 6.42 Å². The summed E-state index contributed by atoms with van der Waals surface area (Å²) in [5.41, 5.74) is 2.45. The lowest BCUT2D eigenvalue weighted by Gasteiger charge is -2.20. The quantitative estimate of drug-likeness (QED) is 0.831. The van der Waals surface area contributed by atoms with Gasteiger partial charge in [0.2, 0.25) is 0 Å². The first kappa shape index (κ1) is 15.5. The Labute approximate surface area is 133 Å². The molecule has 0 saturated heterocycles. The highest BCUT2D eigenvalue weighted by molar-refractivity contribution is 9.10. The molecular formula is C16H18BrClN2. The van der Waals surface area contributed by atoms with Crippen molar-refractivity contribution in [2.75, 3.05) is 13.1 Å². The highest BCUT2D eigenvalue weighted by Gasteiger charge is 2.16. The molecule has 1 aromatic carbocycles. The van der Waals surface area contributed by atoms with E-state index in [2.05, 4.69) is 51.4 Å². The minimum atomic E-state index is 0.380. The molecule has 1 N–H and O–H groups in total. The van der Waals surface area contributed by atoms with E-state index in [0.29, 0.717) is 5.92 Å². The van der Waals surface area contributed by atoms with Gasteiger partial charge >= 0.3 is 0 Å². The van der Waals surface area contributed by atoms with Crippen molar-refractivity contribution in [2.24, 2.45) is 0 Å². The maximum Gasteiger partial charge on any atom is 0.0621 e. The zero-order valence-electron chi connectivity index (χ0n) is 11.4. The molecule has 4 heteroatoms. The highest BCUT2D eigenvalue weighted by Crippen LogP contribution is 2.29. The number of rotatable bonds is 6. The molecule has 1 atom stereocenters. The fourth-order valence-corrected chi connectivity index (χ4v) is 3.06. The number of aromatic nitrogens is 1. The molecule has 0 bridgehead atoms. The largest absolute Gasteiger partial charge is 0.316 e. The molecule has 2 nitrogen and oxygen atoms in total. The van der Waals surface area contributed by atoms with E-state index in [0.717, 1.165) is 34.6 Å². The Morgan fingerprint density at radius 3 is 2.80 bits per heavy atom. The van der Waals surface area contributed by atoms with Gasteiger partial charge in [-0.25, -0.2) is 0 Å². The molecule has 0 amide bonds. The second-order valence-electron chi connectivity index (χ2n) is 4.70. The van der Waals surface area contributed by atoms with E-state index < -0.39 is 0 Å². The smallest absolute Gasteiger partial charge is 0.0621 e. The predicted octanol–water partition coefficient (Wildman–Crippen LogP) is 4.43. The van der Waals surface area contributed by atoms with Gasteiger partial charge in [-0.3, -0.25) is 4.98 Å². The van der Waals surface area contributed by atoms with Crippen molar-refractivity contribution in [1.82, 2.24) is 10.3 Å². The summed E-state index contributed by atoms with van der Waals surface area (Å²) in [5, 5.41) is 4.17. The number of benzene rings is 1. The van der Waals surface area contributed by atoms with Crippen LogP contribution < -0.4 is 5.32 Å². The first-order chi connectivity index (χ1) is 9.72. The third-order valence-corrected chi connectivity index (χ3v) is 4.37. The predicted molar refractivity (Wildman–Crippen MR) is 88.4 cm³/mol. The van der Waals surface area contributed by atoms with Crippen LogP contribution in [0.5, 0.6) is 0 Å². The Kier molecular flexibility index (Phi) is 6.02. The van der Waals surface area contributed by atoms with Crippen LogP contribution in [0.1, 0.15) is 24.0 Å². The Balaban J connectivity index is 2.24. The van der Waals surface area contributed by atoms with Crippen LogP contribution in [0.3, 0.4) is 0 Å². The summed E-state index contributed by atoms with van der Waals surface area (Å²) < 4.78 is 1.15. The van der Waals surface area contributed by atoms with E-state index in [1.54, 1.807) is 12.4 Å². The second kappa shape index (κ2) is 7.77. The minimum absolute atomic E-state index is 0.380. The molecular weight excluding hydrogens is 336 g/mol. The molecule has 0 spiro atoms. The van der Waals surface area contributed by atoms with Gasteiger partial charge in [0.05, 0.1) is 5.02 Å². The lowest BCUT2D eigenvalue weighted by atomic mass is 9.92. The number of hydrogen-bond donors (Lipinski definition) is 1. The van der Waals surface area contributed by atoms with Gasteiger partial charge in [-0.15, -0.1) is 0 Å². The van der Waals surface area contributed by atoms with Gasteiger partial charge < -0.3 is 5.32 Å². The third-order valence-electron chi connectivity index (χ3n) is 3.31. The molecule has 0 aliphatic carbocycles. The Morgan fingerprint density at radius 1 is 1.30 bits per heavy atom. The molecule has 20 heavy (non-hydrogen) atoms. The number of halogens is 2. The van der Waals surface area contributed by atoms with Crippen LogP contribution in [0.25, 0.3) is 0 Å². The molecule has 106 valence electrons. The van der Waals surface area contributed by atoms with Gasteiger partial charge in [-0.05, 0) is 36.2 Å². The highest BCUT2D eigenvalue weighted by atomic mass is 79.9. The normalized spacial score (nSPS) is 12.3. The lowest BCUT2D eigenvalue weighted by molar-refractivity contribution is 0.593. The van der Waals surface area contributed by atoms with Crippen LogP contribution in [0, 0.1) is 0 Å². The first-order valence-corrected chi connectivity index (χ1v) is 7.93. The summed E-state index contributed by atoms with van der Waals surface area (Å²) in [5.74, 6) is 0.380. The average Bonchev–Trinajstić information content (AvgIpc) is 2.46. The molecule has 0 aliphatic heterocycles. The SMILES string of the molecule is CCNCC(Cc1ccncc1Cl)c1ccccc1Br. The topological polar surface area (TPSA) is 24.9 Å². The summed E-state index contributed by atoms with van der Waals surface area (Å²) >= 11 is 9.88. The number of hydrogen-bond acceptors (Lipinski definition) is 2. The maximum absolute atomic E-state index is 6.23. The molecule has 0 aliphatic rings. The van der Waals surface area contributed by atoms with E-state index >= 15 is 0 Å². The number of pyridine rings is 1. The van der Waals surface area contributed by atoms with Crippen molar-refractivity contribution in [3.05, 3.63) is 63.3 Å². The summed E-state index contributed by atoms with van der Waals surface area (Å²) in [6, 6.07) is 10.4. The number of nitrogens with zero attached hydrogens (tertiary/aromatic N) is 1. The van der Waals surface area contributed by atoms with Crippen molar-refractivity contribution in [2.45, 2.75) is 19.3 Å². The van der Waals surface area contributed by atoms with Gasteiger partial charge in [0.15, 0.2) is 0 Å². The van der Waals surface area contributed by atoms with Crippen molar-refractivity contribution in [3.63, 3.8) is 0 Å². The van der Waals surface area contributed by atoms with Gasteiger partial charge in [-0.1, -0.05) is 52.7 Å². The van der Waals surface area contributed by atoms with Gasteiger partial charge in [0.1, 0.15) is 0 Å². The maximum atomic E-state index is 6.23. The van der Waals surface area contributed by atoms with Crippen LogP contribution in [0.15, 0.2) is 47.2 Å². The molecule has 0 radical (unpaired) electrons. The summed E-state index contributed by atoms with van der Waals surface area (Å²) in [7, 11) is 0. The van der Waals surface area contributed by atoms with Gasteiger partial charge in [-0.2, -0.15) is 0 Å². The molecule has 2 aromatic rings. The lowest BCUT2D eigenvalue weighted by Crippen LogP contribution is -2.23. The number of likely N-dealkylation sites (N-methyl/N-ethyl adjacent to an activating group) is 1. The van der Waals surface area contributed by atoms with Crippen LogP contribution >= 0.6 is 27.5 Å². The molecule has 1 unspecified atom stereocenters. The van der Waals surface area contributed by atoms with Gasteiger partial charge in [0.25, 0.3) is 0 Å². The molecule has 2 rings (SSSR count). The standard InChI is InChI=1S/C16H18BrClN2/c1-2-19-10-13(14-5-3-4-6-15(14)17)9-12-7-8-20-11-16(12)18/h3-8,11,13,19H,2,9-10H2,1H3. The fraction of sp³-hybridized carbons (Fsp3) is 0.312. The third kappa shape index (κ3) is 4.05. The molecule has 0 fully saturated rings. The average molecular weight is 354 g/mol. The first-order valence-electron chi connectivity index (χ1n) is 6.76. The van der Waals surface area contributed by atoms with Crippen LogP contribution in [0.2, 0.25) is 5.02 Å². The minimum Gasteiger partial charge on any atom is -0.316 e. The monoisotopic (exact) mass is 352 g/mol. The second-order valence-corrected chi connectivity index (χ2v) is 5.96. The summed E-state index contributed by atoms with van der Waals surface area (Å²) in [6.45, 7) is 4.01. The van der Waals surface area contributed by atoms with Crippen LogP contribution in [0.4, 0.5) is 0 Å². The summed E-state index contributed by atoms with van der Waals surface area (Å²) in [4.78, 5) is 4.05. The zero-order chi connectivity index (χ0) is 14.4. The van der Waals surface area contributed by atoms with Crippen molar-refractivity contribution in [3.8, 4) is 0 Å². The van der Waals surface area contributed by atoms with Crippen molar-refractivity contribution >= 4 is 27.5 Å². The Morgan fingerprint density at radius 2 is 2.10 bits per heavy atom. The van der Waals surface area contributed by atoms with E-state index in [1.807, 2.05) is 12.1 Å². The van der Waals surface area contributed by atoms with Crippen LogP contribution in [-0.4, -0.2) is 18.1 Å². The molecule has 0 saturated carbocycles. The Bertz CT molecular complexity index is 560.